The molecular weight excluding hydrogens is 228 g/mol. The van der Waals surface area contributed by atoms with Crippen molar-refractivity contribution >= 4 is 0 Å². The summed E-state index contributed by atoms with van der Waals surface area (Å²) in [5.74, 6) is 0.888. The first-order valence-electron chi connectivity index (χ1n) is 7.26. The summed E-state index contributed by atoms with van der Waals surface area (Å²) in [6.07, 6.45) is 3.83. The number of nitrogens with one attached hydrogen (secondary N) is 1. The molecule has 4 nitrogen and oxygen atoms in total. The van der Waals surface area contributed by atoms with Gasteiger partial charge in [-0.05, 0) is 25.7 Å². The highest BCUT2D eigenvalue weighted by atomic mass is 16.5. The van der Waals surface area contributed by atoms with Gasteiger partial charge in [-0.1, -0.05) is 0 Å². The summed E-state index contributed by atoms with van der Waals surface area (Å²) in [6, 6.07) is 0. The van der Waals surface area contributed by atoms with Crippen molar-refractivity contribution in [3.05, 3.63) is 0 Å². The Labute approximate surface area is 110 Å². The van der Waals surface area contributed by atoms with Crippen molar-refractivity contribution in [3.63, 3.8) is 0 Å². The summed E-state index contributed by atoms with van der Waals surface area (Å²) in [6.45, 7) is 8.41. The molecule has 1 aliphatic carbocycles. The Hall–Kier alpha value is -0.160. The molecule has 1 N–H and O–H groups in total. The van der Waals surface area contributed by atoms with Crippen molar-refractivity contribution in [2.75, 3.05) is 46.5 Å². The van der Waals surface area contributed by atoms with E-state index in [1.807, 2.05) is 7.11 Å². The van der Waals surface area contributed by atoms with Gasteiger partial charge in [-0.3, -0.25) is 4.90 Å². The Balaban J connectivity index is 1.62. The molecule has 2 unspecified atom stereocenters. The second-order valence-corrected chi connectivity index (χ2v) is 6.52. The predicted octanol–water partition coefficient (Wildman–Crippen LogP) is 0.866. The van der Waals surface area contributed by atoms with Crippen molar-refractivity contribution in [2.24, 2.45) is 5.92 Å². The first kappa shape index (κ1) is 12.9. The molecule has 2 heterocycles. The highest BCUT2D eigenvalue weighted by molar-refractivity contribution is 5.03. The lowest BCUT2D eigenvalue weighted by atomic mass is 9.91. The quantitative estimate of drug-likeness (QED) is 0.807. The summed E-state index contributed by atoms with van der Waals surface area (Å²) in [5, 5.41) is 3.73. The third kappa shape index (κ3) is 2.44. The van der Waals surface area contributed by atoms with E-state index >= 15 is 0 Å². The van der Waals surface area contributed by atoms with Crippen molar-refractivity contribution in [1.82, 2.24) is 10.2 Å². The molecule has 2 atom stereocenters. The second-order valence-electron chi connectivity index (χ2n) is 6.52. The fraction of sp³-hybridized carbons (Fsp3) is 1.00. The van der Waals surface area contributed by atoms with E-state index in [0.717, 1.165) is 51.7 Å². The smallest absolute Gasteiger partial charge is 0.106 e. The van der Waals surface area contributed by atoms with Crippen LogP contribution >= 0.6 is 0 Å². The van der Waals surface area contributed by atoms with Gasteiger partial charge in [0.1, 0.15) is 5.60 Å². The molecule has 0 aromatic rings. The topological polar surface area (TPSA) is 33.7 Å². The zero-order valence-electron chi connectivity index (χ0n) is 11.7. The van der Waals surface area contributed by atoms with Gasteiger partial charge in [0.05, 0.1) is 6.61 Å². The minimum absolute atomic E-state index is 0.0538. The molecule has 0 aromatic carbocycles. The first-order chi connectivity index (χ1) is 8.66. The number of methoxy groups -OCH3 is 1. The normalized spacial score (nSPS) is 42.3. The van der Waals surface area contributed by atoms with E-state index in [0.29, 0.717) is 5.54 Å². The standard InChI is InChI=1S/C14H26N2O2/c1-13(12-3-4-12)9-16(7-6-15-13)10-14(17-2)5-8-18-11-14/h12,15H,3-11H2,1-2H3. The van der Waals surface area contributed by atoms with E-state index < -0.39 is 0 Å². The second kappa shape index (κ2) is 4.75. The number of ether oxygens (including phenoxy) is 2. The van der Waals surface area contributed by atoms with Gasteiger partial charge in [-0.15, -0.1) is 0 Å². The Morgan fingerprint density at radius 2 is 2.28 bits per heavy atom. The zero-order valence-corrected chi connectivity index (χ0v) is 11.7. The van der Waals surface area contributed by atoms with Gasteiger partial charge in [0.2, 0.25) is 0 Å². The van der Waals surface area contributed by atoms with Crippen molar-refractivity contribution in [2.45, 2.75) is 37.3 Å². The van der Waals surface area contributed by atoms with Crippen LogP contribution in [-0.4, -0.2) is 62.5 Å². The number of rotatable bonds is 4. The van der Waals surface area contributed by atoms with Crippen LogP contribution in [0.25, 0.3) is 0 Å². The lowest BCUT2D eigenvalue weighted by Gasteiger charge is -2.44. The SMILES string of the molecule is COC1(CN2CCNC(C)(C3CC3)C2)CCOC1. The molecule has 0 aromatic heterocycles. The van der Waals surface area contributed by atoms with Crippen LogP contribution in [0.1, 0.15) is 26.2 Å². The molecule has 2 aliphatic heterocycles. The van der Waals surface area contributed by atoms with Crippen LogP contribution in [0, 0.1) is 5.92 Å². The Kier molecular flexibility index (Phi) is 3.39. The van der Waals surface area contributed by atoms with Gasteiger partial charge in [0.15, 0.2) is 0 Å². The van der Waals surface area contributed by atoms with E-state index in [1.54, 1.807) is 0 Å². The molecule has 0 bridgehead atoms. The molecule has 2 saturated heterocycles. The van der Waals surface area contributed by atoms with E-state index in [9.17, 15) is 0 Å². The largest absolute Gasteiger partial charge is 0.378 e. The van der Waals surface area contributed by atoms with Crippen LogP contribution in [0.15, 0.2) is 0 Å². The number of nitrogens with zero attached hydrogens (tertiary/aromatic N) is 1. The summed E-state index contributed by atoms with van der Waals surface area (Å²) in [5.41, 5.74) is 0.272. The number of hydrogen-bond donors (Lipinski definition) is 1. The van der Waals surface area contributed by atoms with E-state index in [4.69, 9.17) is 9.47 Å². The maximum atomic E-state index is 5.76. The molecule has 4 heteroatoms. The van der Waals surface area contributed by atoms with Crippen LogP contribution in [0.4, 0.5) is 0 Å². The monoisotopic (exact) mass is 254 g/mol. The molecule has 3 rings (SSSR count). The van der Waals surface area contributed by atoms with Crippen LogP contribution < -0.4 is 5.32 Å². The van der Waals surface area contributed by atoms with Gasteiger partial charge in [0.25, 0.3) is 0 Å². The Morgan fingerprint density at radius 1 is 1.44 bits per heavy atom. The molecule has 0 amide bonds. The van der Waals surface area contributed by atoms with Gasteiger partial charge in [-0.2, -0.15) is 0 Å². The van der Waals surface area contributed by atoms with Gasteiger partial charge < -0.3 is 14.8 Å². The molecular formula is C14H26N2O2. The first-order valence-corrected chi connectivity index (χ1v) is 7.26. The molecule has 1 saturated carbocycles. The lowest BCUT2D eigenvalue weighted by Crippen LogP contribution is -2.62. The highest BCUT2D eigenvalue weighted by Gasteiger charge is 2.45. The van der Waals surface area contributed by atoms with Gasteiger partial charge in [0, 0.05) is 51.9 Å². The van der Waals surface area contributed by atoms with Crippen molar-refractivity contribution in [3.8, 4) is 0 Å². The molecule has 18 heavy (non-hydrogen) atoms. The van der Waals surface area contributed by atoms with Gasteiger partial charge >= 0.3 is 0 Å². The lowest BCUT2D eigenvalue weighted by molar-refractivity contribution is -0.0500. The molecule has 104 valence electrons. The van der Waals surface area contributed by atoms with Crippen molar-refractivity contribution < 1.29 is 9.47 Å². The molecule has 3 aliphatic rings. The highest BCUT2D eigenvalue weighted by Crippen LogP contribution is 2.41. The maximum absolute atomic E-state index is 5.76. The third-order valence-electron chi connectivity index (χ3n) is 5.00. The zero-order chi connectivity index (χ0) is 12.6. The van der Waals surface area contributed by atoms with Crippen molar-refractivity contribution in [1.29, 1.82) is 0 Å². The third-order valence-corrected chi connectivity index (χ3v) is 5.00. The number of piperazine rings is 1. The number of hydrogen-bond acceptors (Lipinski definition) is 4. The fourth-order valence-electron chi connectivity index (χ4n) is 3.57. The minimum atomic E-state index is -0.0538. The summed E-state index contributed by atoms with van der Waals surface area (Å²) in [4.78, 5) is 2.58. The Bertz CT molecular complexity index is 300. The molecule has 0 spiro atoms. The average molecular weight is 254 g/mol. The minimum Gasteiger partial charge on any atom is -0.378 e. The van der Waals surface area contributed by atoms with Crippen LogP contribution in [-0.2, 0) is 9.47 Å². The van der Waals surface area contributed by atoms with Gasteiger partial charge in [-0.25, -0.2) is 0 Å². The molecule has 0 radical (unpaired) electrons. The summed E-state index contributed by atoms with van der Waals surface area (Å²) >= 11 is 0. The van der Waals surface area contributed by atoms with E-state index in [2.05, 4.69) is 17.1 Å². The van der Waals surface area contributed by atoms with E-state index in [-0.39, 0.29) is 5.60 Å². The maximum Gasteiger partial charge on any atom is 0.106 e. The summed E-state index contributed by atoms with van der Waals surface area (Å²) < 4.78 is 11.3. The van der Waals surface area contributed by atoms with Crippen LogP contribution in [0.2, 0.25) is 0 Å². The predicted molar refractivity (Wildman–Crippen MR) is 70.7 cm³/mol. The van der Waals surface area contributed by atoms with Crippen LogP contribution in [0.3, 0.4) is 0 Å². The molecule has 3 fully saturated rings. The van der Waals surface area contributed by atoms with Crippen LogP contribution in [0.5, 0.6) is 0 Å². The fourth-order valence-corrected chi connectivity index (χ4v) is 3.57. The Morgan fingerprint density at radius 3 is 2.89 bits per heavy atom. The van der Waals surface area contributed by atoms with E-state index in [1.165, 1.54) is 12.8 Å². The average Bonchev–Trinajstić information content (AvgIpc) is 3.13. The summed E-state index contributed by atoms with van der Waals surface area (Å²) in [7, 11) is 1.83.